The second-order valence-corrected chi connectivity index (χ2v) is 9.94. The lowest BCUT2D eigenvalue weighted by Gasteiger charge is -2.23. The maximum absolute atomic E-state index is 12.7. The summed E-state index contributed by atoms with van der Waals surface area (Å²) in [5.74, 6) is -0.631. The second-order valence-electron chi connectivity index (χ2n) is 8.05. The number of carbonyl (C=O) groups is 2. The van der Waals surface area contributed by atoms with Crippen LogP contribution in [0.15, 0.2) is 29.2 Å². The molecule has 2 atom stereocenters. The maximum Gasteiger partial charge on any atom is 0.246 e. The number of aliphatic hydroxyl groups is 1. The van der Waals surface area contributed by atoms with Crippen LogP contribution >= 0.6 is 0 Å². The van der Waals surface area contributed by atoms with Crippen LogP contribution in [0, 0.1) is 5.41 Å². The molecule has 0 aromatic heterocycles. The Hall–Kier alpha value is -1.97. The summed E-state index contributed by atoms with van der Waals surface area (Å²) >= 11 is 0. The van der Waals surface area contributed by atoms with Crippen LogP contribution in [0.3, 0.4) is 0 Å². The highest BCUT2D eigenvalue weighted by Crippen LogP contribution is 2.26. The summed E-state index contributed by atoms with van der Waals surface area (Å²) in [7, 11) is -3.69. The zero-order chi connectivity index (χ0) is 21.1. The molecule has 156 valence electrons. The first-order chi connectivity index (χ1) is 13.0. The van der Waals surface area contributed by atoms with Gasteiger partial charge in [0.05, 0.1) is 11.5 Å². The Labute approximate surface area is 166 Å². The fourth-order valence-corrected chi connectivity index (χ4v) is 4.57. The fourth-order valence-electron chi connectivity index (χ4n) is 2.88. The van der Waals surface area contributed by atoms with Crippen molar-refractivity contribution in [3.05, 3.63) is 24.3 Å². The molecule has 0 radical (unpaired) electrons. The van der Waals surface area contributed by atoms with E-state index >= 15 is 0 Å². The van der Waals surface area contributed by atoms with Crippen LogP contribution in [-0.2, 0) is 19.6 Å². The van der Waals surface area contributed by atoms with Crippen molar-refractivity contribution in [2.75, 3.05) is 18.5 Å². The van der Waals surface area contributed by atoms with Crippen molar-refractivity contribution in [1.29, 1.82) is 0 Å². The summed E-state index contributed by atoms with van der Waals surface area (Å²) in [6.45, 7) is 7.04. The molecule has 1 fully saturated rings. The Morgan fingerprint density at radius 3 is 2.39 bits per heavy atom. The summed E-state index contributed by atoms with van der Waals surface area (Å²) in [6.07, 6.45) is 1.36. The Balaban J connectivity index is 2.04. The monoisotopic (exact) mass is 411 g/mol. The van der Waals surface area contributed by atoms with Gasteiger partial charge in [-0.15, -0.1) is 0 Å². The Morgan fingerprint density at radius 1 is 1.25 bits per heavy atom. The van der Waals surface area contributed by atoms with Gasteiger partial charge in [-0.25, -0.2) is 8.42 Å². The number of sulfonamides is 1. The average molecular weight is 412 g/mol. The van der Waals surface area contributed by atoms with Gasteiger partial charge in [-0.2, -0.15) is 4.31 Å². The maximum atomic E-state index is 12.7. The number of carbonyl (C=O) groups excluding carboxylic acids is 2. The fraction of sp³-hybridized carbons (Fsp3) is 0.579. The van der Waals surface area contributed by atoms with Gasteiger partial charge < -0.3 is 15.7 Å². The number of anilines is 1. The SMILES string of the molecule is C[C@@H](NC(=O)C(C)(C)C)C(=O)Nc1ccc(S(=O)(=O)N2CCC[C@@H]2CO)cc1. The van der Waals surface area contributed by atoms with Crippen LogP contribution in [0.1, 0.15) is 40.5 Å². The molecule has 2 rings (SSSR count). The Morgan fingerprint density at radius 2 is 1.86 bits per heavy atom. The van der Waals surface area contributed by atoms with Gasteiger partial charge in [-0.05, 0) is 44.0 Å². The van der Waals surface area contributed by atoms with E-state index in [1.54, 1.807) is 27.7 Å². The Kier molecular flexibility index (Phi) is 6.84. The quantitative estimate of drug-likeness (QED) is 0.653. The number of aliphatic hydroxyl groups excluding tert-OH is 1. The highest BCUT2D eigenvalue weighted by atomic mass is 32.2. The van der Waals surface area contributed by atoms with Crippen LogP contribution in [0.2, 0.25) is 0 Å². The minimum absolute atomic E-state index is 0.111. The first-order valence-electron chi connectivity index (χ1n) is 9.31. The third-order valence-corrected chi connectivity index (χ3v) is 6.65. The normalized spacial score (nSPS) is 19.2. The summed E-state index contributed by atoms with van der Waals surface area (Å²) in [6, 6.07) is 4.74. The molecule has 9 heteroatoms. The number of nitrogens with zero attached hydrogens (tertiary/aromatic N) is 1. The number of rotatable bonds is 6. The molecule has 0 spiro atoms. The summed E-state index contributed by atoms with van der Waals surface area (Å²) in [5, 5.41) is 14.7. The summed E-state index contributed by atoms with van der Waals surface area (Å²) < 4.78 is 26.8. The van der Waals surface area contributed by atoms with E-state index in [-0.39, 0.29) is 17.4 Å². The zero-order valence-corrected chi connectivity index (χ0v) is 17.5. The van der Waals surface area contributed by atoms with Gasteiger partial charge in [0.25, 0.3) is 0 Å². The first-order valence-corrected chi connectivity index (χ1v) is 10.8. The van der Waals surface area contributed by atoms with E-state index < -0.39 is 33.4 Å². The number of benzene rings is 1. The summed E-state index contributed by atoms with van der Waals surface area (Å²) in [5.41, 5.74) is -0.173. The molecule has 1 aliphatic heterocycles. The molecule has 2 amide bonds. The predicted octanol–water partition coefficient (Wildman–Crippen LogP) is 1.32. The molecule has 0 bridgehead atoms. The molecule has 8 nitrogen and oxygen atoms in total. The van der Waals surface area contributed by atoms with Crippen LogP contribution in [0.25, 0.3) is 0 Å². The molecule has 1 aromatic carbocycles. The van der Waals surface area contributed by atoms with E-state index in [1.807, 2.05) is 0 Å². The van der Waals surface area contributed by atoms with E-state index in [0.717, 1.165) is 6.42 Å². The smallest absolute Gasteiger partial charge is 0.246 e. The molecule has 1 aliphatic rings. The van der Waals surface area contributed by atoms with E-state index in [4.69, 9.17) is 0 Å². The van der Waals surface area contributed by atoms with Crippen LogP contribution in [-0.4, -0.2) is 54.9 Å². The average Bonchev–Trinajstić information content (AvgIpc) is 3.11. The second kappa shape index (κ2) is 8.59. The molecule has 0 aliphatic carbocycles. The topological polar surface area (TPSA) is 116 Å². The van der Waals surface area contributed by atoms with Crippen molar-refractivity contribution in [2.24, 2.45) is 5.41 Å². The van der Waals surface area contributed by atoms with Crippen molar-refractivity contribution in [1.82, 2.24) is 9.62 Å². The van der Waals surface area contributed by atoms with Crippen molar-refractivity contribution in [2.45, 2.75) is 57.5 Å². The molecule has 1 heterocycles. The number of hydrogen-bond acceptors (Lipinski definition) is 5. The molecule has 1 aromatic rings. The lowest BCUT2D eigenvalue weighted by atomic mass is 9.95. The third-order valence-electron chi connectivity index (χ3n) is 4.68. The minimum Gasteiger partial charge on any atom is -0.395 e. The molecule has 0 unspecified atom stereocenters. The van der Waals surface area contributed by atoms with Crippen molar-refractivity contribution >= 4 is 27.5 Å². The van der Waals surface area contributed by atoms with Gasteiger partial charge in [-0.3, -0.25) is 9.59 Å². The Bertz CT molecular complexity index is 815. The lowest BCUT2D eigenvalue weighted by molar-refractivity contribution is -0.131. The van der Waals surface area contributed by atoms with Gasteiger partial charge >= 0.3 is 0 Å². The molecule has 3 N–H and O–H groups in total. The molecule has 0 saturated carbocycles. The van der Waals surface area contributed by atoms with Gasteiger partial charge in [0.15, 0.2) is 0 Å². The standard InChI is InChI=1S/C19H29N3O5S/c1-13(20-18(25)19(2,3)4)17(24)21-14-7-9-16(10-8-14)28(26,27)22-11-5-6-15(22)12-23/h7-10,13,15,23H,5-6,11-12H2,1-4H3,(H,20,25)(H,21,24)/t13-,15-/m1/s1. The van der Waals surface area contributed by atoms with Crippen molar-refractivity contribution in [3.8, 4) is 0 Å². The van der Waals surface area contributed by atoms with E-state index in [2.05, 4.69) is 10.6 Å². The van der Waals surface area contributed by atoms with Crippen LogP contribution in [0.4, 0.5) is 5.69 Å². The van der Waals surface area contributed by atoms with E-state index in [1.165, 1.54) is 28.6 Å². The van der Waals surface area contributed by atoms with E-state index in [9.17, 15) is 23.1 Å². The van der Waals surface area contributed by atoms with Crippen LogP contribution < -0.4 is 10.6 Å². The molecular formula is C19H29N3O5S. The van der Waals surface area contributed by atoms with Crippen LogP contribution in [0.5, 0.6) is 0 Å². The van der Waals surface area contributed by atoms with Gasteiger partial charge in [0.2, 0.25) is 21.8 Å². The predicted molar refractivity (Wildman–Crippen MR) is 106 cm³/mol. The van der Waals surface area contributed by atoms with E-state index in [0.29, 0.717) is 18.7 Å². The lowest BCUT2D eigenvalue weighted by Crippen LogP contribution is -2.46. The highest BCUT2D eigenvalue weighted by molar-refractivity contribution is 7.89. The third kappa shape index (κ3) is 5.09. The van der Waals surface area contributed by atoms with Crippen molar-refractivity contribution < 1.29 is 23.1 Å². The van der Waals surface area contributed by atoms with Gasteiger partial charge in [0, 0.05) is 23.7 Å². The van der Waals surface area contributed by atoms with Gasteiger partial charge in [-0.1, -0.05) is 20.8 Å². The minimum atomic E-state index is -3.69. The molecule has 1 saturated heterocycles. The number of amides is 2. The zero-order valence-electron chi connectivity index (χ0n) is 16.7. The highest BCUT2D eigenvalue weighted by Gasteiger charge is 2.34. The first kappa shape index (κ1) is 22.3. The molecule has 28 heavy (non-hydrogen) atoms. The van der Waals surface area contributed by atoms with Crippen molar-refractivity contribution in [3.63, 3.8) is 0 Å². The molecular weight excluding hydrogens is 382 g/mol. The summed E-state index contributed by atoms with van der Waals surface area (Å²) in [4.78, 5) is 24.4. The number of hydrogen-bond donors (Lipinski definition) is 3. The number of nitrogens with one attached hydrogen (secondary N) is 2. The largest absolute Gasteiger partial charge is 0.395 e. The van der Waals surface area contributed by atoms with Gasteiger partial charge in [0.1, 0.15) is 6.04 Å².